The Morgan fingerprint density at radius 2 is 0.933 bits per heavy atom. The highest BCUT2D eigenvalue weighted by Gasteiger charge is 2.33. The molecule has 2 N–H and O–H groups in total. The van der Waals surface area contributed by atoms with Gasteiger partial charge in [0, 0.05) is 52.6 Å². The van der Waals surface area contributed by atoms with Gasteiger partial charge < -0.3 is 29.3 Å². The van der Waals surface area contributed by atoms with Gasteiger partial charge in [-0.3, -0.25) is 0 Å². The monoisotopic (exact) mass is 217 g/mol. The summed E-state index contributed by atoms with van der Waals surface area (Å²) in [5.74, 6) is 0. The lowest BCUT2D eigenvalue weighted by Crippen LogP contribution is -2.55. The summed E-state index contributed by atoms with van der Waals surface area (Å²) in [5.41, 5.74) is 0. The van der Waals surface area contributed by atoms with Gasteiger partial charge in [0.25, 0.3) is 0 Å². The lowest BCUT2D eigenvalue weighted by molar-refractivity contribution is -0.0435. The molecule has 0 aromatic heterocycles. The van der Waals surface area contributed by atoms with Crippen LogP contribution < -0.4 is 10.6 Å². The summed E-state index contributed by atoms with van der Waals surface area (Å²) in [6.07, 6.45) is 0. The number of rotatable bonds is 0. The van der Waals surface area contributed by atoms with Crippen LogP contribution in [0.15, 0.2) is 0 Å². The van der Waals surface area contributed by atoms with Crippen LogP contribution in [-0.2, 0) is 18.6 Å². The zero-order valence-corrected chi connectivity index (χ0v) is 8.87. The van der Waals surface area contributed by atoms with E-state index in [0.29, 0.717) is 26.4 Å². The van der Waals surface area contributed by atoms with Gasteiger partial charge in [0.15, 0.2) is 0 Å². The second-order valence-electron chi connectivity index (χ2n) is 3.56. The van der Waals surface area contributed by atoms with Crippen LogP contribution in [0.4, 0.5) is 0 Å². The van der Waals surface area contributed by atoms with E-state index in [-0.39, 0.29) is 0 Å². The van der Waals surface area contributed by atoms with Gasteiger partial charge in [-0.1, -0.05) is 0 Å². The van der Waals surface area contributed by atoms with Crippen molar-refractivity contribution in [3.8, 4) is 0 Å². The molecular weight excluding hydrogens is 199 g/mol. The van der Waals surface area contributed by atoms with Crippen molar-refractivity contribution in [2.75, 3.05) is 52.6 Å². The topological polar surface area (TPSA) is 61.0 Å². The molecule has 0 aromatic carbocycles. The summed E-state index contributed by atoms with van der Waals surface area (Å²) in [5, 5.41) is 6.35. The van der Waals surface area contributed by atoms with E-state index < -0.39 is 6.96 Å². The molecule has 0 unspecified atom stereocenters. The predicted molar refractivity (Wildman–Crippen MR) is 55.3 cm³/mol. The molecule has 7 heteroatoms. The van der Waals surface area contributed by atoms with E-state index in [2.05, 4.69) is 10.6 Å². The first-order valence-electron chi connectivity index (χ1n) is 5.51. The fourth-order valence-corrected chi connectivity index (χ4v) is 1.64. The van der Waals surface area contributed by atoms with Crippen molar-refractivity contribution >= 4 is 6.96 Å². The van der Waals surface area contributed by atoms with Crippen molar-refractivity contribution in [3.63, 3.8) is 0 Å². The zero-order chi connectivity index (χ0) is 10.4. The maximum Gasteiger partial charge on any atom is 0.531 e. The Morgan fingerprint density at radius 1 is 0.600 bits per heavy atom. The summed E-state index contributed by atoms with van der Waals surface area (Å²) in [4.78, 5) is 0. The van der Waals surface area contributed by atoms with Gasteiger partial charge in [-0.15, -0.1) is 0 Å². The average molecular weight is 217 g/mol. The predicted octanol–water partition coefficient (Wildman–Crippen LogP) is -1.31. The van der Waals surface area contributed by atoms with Crippen molar-refractivity contribution in [2.24, 2.45) is 0 Å². The number of hydrogen-bond donors (Lipinski definition) is 2. The van der Waals surface area contributed by atoms with Gasteiger partial charge in [0.1, 0.15) is 0 Å². The number of hydrogen-bond acceptors (Lipinski definition) is 6. The summed E-state index contributed by atoms with van der Waals surface area (Å²) in [7, 11) is 0. The van der Waals surface area contributed by atoms with Gasteiger partial charge in [-0.05, 0) is 0 Å². The van der Waals surface area contributed by atoms with Crippen LogP contribution in [0.25, 0.3) is 0 Å². The van der Waals surface area contributed by atoms with Crippen LogP contribution in [0.5, 0.6) is 0 Å². The van der Waals surface area contributed by atoms with Gasteiger partial charge in [-0.25, -0.2) is 0 Å². The Morgan fingerprint density at radius 3 is 1.27 bits per heavy atom. The minimum atomic E-state index is -1.97. The van der Waals surface area contributed by atoms with E-state index in [9.17, 15) is 0 Å². The van der Waals surface area contributed by atoms with E-state index in [1.54, 1.807) is 0 Å². The van der Waals surface area contributed by atoms with Crippen molar-refractivity contribution in [3.05, 3.63) is 0 Å². The van der Waals surface area contributed by atoms with Gasteiger partial charge in [-0.2, -0.15) is 0 Å². The Hall–Kier alpha value is -0.175. The standard InChI is InChI=1S/C8H18BN2O4/c1-5-12-9(13-6-2-10-1)14-7-3-11-4-8-15-9/h10-11H,1-8H2/q-1. The number of nitrogens with one attached hydrogen (secondary N) is 2. The Balaban J connectivity index is 1.92. The first kappa shape index (κ1) is 11.3. The van der Waals surface area contributed by atoms with Crippen LogP contribution in [0.3, 0.4) is 0 Å². The largest absolute Gasteiger partial charge is 0.531 e. The molecule has 0 aromatic rings. The smallest absolute Gasteiger partial charge is 0.518 e. The minimum Gasteiger partial charge on any atom is -0.518 e. The maximum absolute atomic E-state index is 5.55. The second kappa shape index (κ2) is 5.79. The summed E-state index contributed by atoms with van der Waals surface area (Å²) < 4.78 is 22.2. The van der Waals surface area contributed by atoms with E-state index in [1.807, 2.05) is 0 Å². The molecule has 0 amide bonds. The van der Waals surface area contributed by atoms with Crippen molar-refractivity contribution in [1.82, 2.24) is 10.6 Å². The maximum atomic E-state index is 5.55. The van der Waals surface area contributed by atoms with E-state index in [1.165, 1.54) is 0 Å². The molecule has 2 heterocycles. The van der Waals surface area contributed by atoms with Gasteiger partial charge in [0.2, 0.25) is 0 Å². The van der Waals surface area contributed by atoms with E-state index in [0.717, 1.165) is 26.2 Å². The van der Waals surface area contributed by atoms with Crippen LogP contribution in [0, 0.1) is 0 Å². The minimum absolute atomic E-state index is 0.549. The summed E-state index contributed by atoms with van der Waals surface area (Å²) in [6, 6.07) is 0. The molecule has 0 atom stereocenters. The van der Waals surface area contributed by atoms with Crippen molar-refractivity contribution in [2.45, 2.75) is 0 Å². The summed E-state index contributed by atoms with van der Waals surface area (Å²) >= 11 is 0. The fraction of sp³-hybridized carbons (Fsp3) is 1.00. The van der Waals surface area contributed by atoms with Crippen LogP contribution in [-0.4, -0.2) is 59.6 Å². The fourth-order valence-electron chi connectivity index (χ4n) is 1.64. The lowest BCUT2D eigenvalue weighted by Gasteiger charge is -2.43. The molecule has 2 saturated heterocycles. The second-order valence-corrected chi connectivity index (χ2v) is 3.56. The highest BCUT2D eigenvalue weighted by molar-refractivity contribution is 6.53. The summed E-state index contributed by atoms with van der Waals surface area (Å²) in [6.45, 7) is 3.44. The highest BCUT2D eigenvalue weighted by Crippen LogP contribution is 2.13. The quantitative estimate of drug-likeness (QED) is 0.491. The third-order valence-corrected chi connectivity index (χ3v) is 2.40. The Bertz CT molecular complexity index is 156. The Kier molecular flexibility index (Phi) is 4.36. The lowest BCUT2D eigenvalue weighted by atomic mass is 10.0. The first-order valence-corrected chi connectivity index (χ1v) is 5.51. The molecular formula is C8H18BN2O4-. The zero-order valence-electron chi connectivity index (χ0n) is 8.87. The van der Waals surface area contributed by atoms with Crippen molar-refractivity contribution in [1.29, 1.82) is 0 Å². The third kappa shape index (κ3) is 3.41. The van der Waals surface area contributed by atoms with Crippen LogP contribution >= 0.6 is 0 Å². The molecule has 2 aliphatic rings. The molecule has 2 aliphatic heterocycles. The molecule has 6 nitrogen and oxygen atoms in total. The first-order chi connectivity index (χ1) is 7.41. The average Bonchev–Trinajstić information content (AvgIpc) is 2.15. The highest BCUT2D eigenvalue weighted by atomic mass is 16.9. The van der Waals surface area contributed by atoms with Gasteiger partial charge >= 0.3 is 6.96 Å². The third-order valence-electron chi connectivity index (χ3n) is 2.40. The molecule has 0 bridgehead atoms. The van der Waals surface area contributed by atoms with E-state index >= 15 is 0 Å². The molecule has 0 saturated carbocycles. The normalized spacial score (nSPS) is 28.8. The van der Waals surface area contributed by atoms with Gasteiger partial charge in [0.05, 0.1) is 0 Å². The molecule has 0 aliphatic carbocycles. The molecule has 2 fully saturated rings. The SMILES string of the molecule is C1CO[B-]2(OCCN1)OCCNCCO2. The van der Waals surface area contributed by atoms with Crippen LogP contribution in [0.1, 0.15) is 0 Å². The van der Waals surface area contributed by atoms with E-state index in [4.69, 9.17) is 18.6 Å². The molecule has 88 valence electrons. The Labute approximate surface area is 89.6 Å². The molecule has 0 radical (unpaired) electrons. The molecule has 1 spiro atoms. The van der Waals surface area contributed by atoms with Crippen molar-refractivity contribution < 1.29 is 18.6 Å². The molecule has 15 heavy (non-hydrogen) atoms. The van der Waals surface area contributed by atoms with Crippen LogP contribution in [0.2, 0.25) is 0 Å². The molecule has 2 rings (SSSR count).